The first-order chi connectivity index (χ1) is 8.66. The van der Waals surface area contributed by atoms with Crippen LogP contribution in [-0.2, 0) is 4.79 Å². The van der Waals surface area contributed by atoms with Gasteiger partial charge in [0.05, 0.1) is 6.04 Å². The Hall–Kier alpha value is -0.570. The van der Waals surface area contributed by atoms with Crippen LogP contribution in [0.25, 0.3) is 0 Å². The van der Waals surface area contributed by atoms with Crippen LogP contribution < -0.4 is 10.6 Å². The van der Waals surface area contributed by atoms with E-state index >= 15 is 0 Å². The third-order valence-corrected chi connectivity index (χ3v) is 4.67. The fraction of sp³-hybridized carbons (Fsp3) is 0.933. The third kappa shape index (κ3) is 3.71. The van der Waals surface area contributed by atoms with Crippen molar-refractivity contribution < 1.29 is 4.79 Å². The maximum atomic E-state index is 12.1. The van der Waals surface area contributed by atoms with Gasteiger partial charge in [-0.3, -0.25) is 4.79 Å². The summed E-state index contributed by atoms with van der Waals surface area (Å²) in [7, 11) is 0. The van der Waals surface area contributed by atoms with E-state index in [1.165, 1.54) is 38.5 Å². The van der Waals surface area contributed by atoms with Gasteiger partial charge in [0.25, 0.3) is 0 Å². The molecule has 0 aromatic rings. The van der Waals surface area contributed by atoms with Gasteiger partial charge in [-0.05, 0) is 38.5 Å². The minimum atomic E-state index is -0.0440. The highest BCUT2D eigenvalue weighted by atomic mass is 16.2. The highest BCUT2D eigenvalue weighted by molar-refractivity contribution is 5.81. The average molecular weight is 252 g/mol. The van der Waals surface area contributed by atoms with Crippen LogP contribution in [-0.4, -0.2) is 24.0 Å². The summed E-state index contributed by atoms with van der Waals surface area (Å²) in [5, 5.41) is 6.71. The topological polar surface area (TPSA) is 41.1 Å². The molecule has 0 aromatic heterocycles. The van der Waals surface area contributed by atoms with Crippen LogP contribution >= 0.6 is 0 Å². The molecule has 104 valence electrons. The molecule has 3 atom stereocenters. The lowest BCUT2D eigenvalue weighted by Crippen LogP contribution is -2.50. The first-order valence-electron chi connectivity index (χ1n) is 7.73. The molecule has 0 aliphatic heterocycles. The van der Waals surface area contributed by atoms with E-state index in [4.69, 9.17) is 0 Å². The zero-order valence-corrected chi connectivity index (χ0v) is 11.9. The van der Waals surface area contributed by atoms with Crippen LogP contribution in [0.3, 0.4) is 0 Å². The average Bonchev–Trinajstić information content (AvgIpc) is 2.76. The molecule has 3 nitrogen and oxygen atoms in total. The van der Waals surface area contributed by atoms with Crippen molar-refractivity contribution in [3.8, 4) is 0 Å². The highest BCUT2D eigenvalue weighted by Crippen LogP contribution is 2.25. The van der Waals surface area contributed by atoms with E-state index in [1.54, 1.807) is 0 Å². The van der Waals surface area contributed by atoms with Gasteiger partial charge in [-0.25, -0.2) is 0 Å². The second-order valence-electron chi connectivity index (χ2n) is 6.25. The molecule has 0 spiro atoms. The van der Waals surface area contributed by atoms with Crippen LogP contribution in [0.5, 0.6) is 0 Å². The lowest BCUT2D eigenvalue weighted by Gasteiger charge is -2.27. The van der Waals surface area contributed by atoms with Crippen LogP contribution in [0.2, 0.25) is 0 Å². The Morgan fingerprint density at radius 1 is 1.06 bits per heavy atom. The zero-order chi connectivity index (χ0) is 13.0. The molecular formula is C15H28N2O. The predicted octanol–water partition coefficient (Wildman–Crippen LogP) is 2.60. The Kier molecular flexibility index (Phi) is 5.04. The van der Waals surface area contributed by atoms with E-state index in [-0.39, 0.29) is 11.9 Å². The minimum absolute atomic E-state index is 0.0440. The van der Waals surface area contributed by atoms with Gasteiger partial charge in [0.2, 0.25) is 5.91 Å². The highest BCUT2D eigenvalue weighted by Gasteiger charge is 2.27. The second-order valence-corrected chi connectivity index (χ2v) is 6.25. The quantitative estimate of drug-likeness (QED) is 0.807. The van der Waals surface area contributed by atoms with Gasteiger partial charge in [-0.15, -0.1) is 0 Å². The van der Waals surface area contributed by atoms with Crippen molar-refractivity contribution in [3.63, 3.8) is 0 Å². The summed E-state index contributed by atoms with van der Waals surface area (Å²) >= 11 is 0. The molecule has 0 aromatic carbocycles. The lowest BCUT2D eigenvalue weighted by molar-refractivity contribution is -0.123. The molecule has 0 saturated heterocycles. The van der Waals surface area contributed by atoms with Crippen molar-refractivity contribution in [2.75, 3.05) is 0 Å². The monoisotopic (exact) mass is 252 g/mol. The number of carbonyl (C=O) groups is 1. The third-order valence-electron chi connectivity index (χ3n) is 4.67. The van der Waals surface area contributed by atoms with E-state index in [1.807, 2.05) is 6.92 Å². The molecule has 3 heteroatoms. The van der Waals surface area contributed by atoms with Gasteiger partial charge < -0.3 is 10.6 Å². The van der Waals surface area contributed by atoms with Gasteiger partial charge in [0.1, 0.15) is 0 Å². The van der Waals surface area contributed by atoms with Gasteiger partial charge in [0.15, 0.2) is 0 Å². The summed E-state index contributed by atoms with van der Waals surface area (Å²) in [6.07, 6.45) is 10.0. The number of nitrogens with one attached hydrogen (secondary N) is 2. The summed E-state index contributed by atoms with van der Waals surface area (Å²) in [6.45, 7) is 4.29. The van der Waals surface area contributed by atoms with Crippen molar-refractivity contribution in [3.05, 3.63) is 0 Å². The summed E-state index contributed by atoms with van der Waals surface area (Å²) in [4.78, 5) is 12.1. The van der Waals surface area contributed by atoms with Crippen LogP contribution in [0, 0.1) is 5.92 Å². The molecule has 1 amide bonds. The van der Waals surface area contributed by atoms with Crippen molar-refractivity contribution in [1.29, 1.82) is 0 Å². The van der Waals surface area contributed by atoms with E-state index in [0.717, 1.165) is 18.8 Å². The van der Waals surface area contributed by atoms with Crippen molar-refractivity contribution in [2.24, 2.45) is 5.92 Å². The Morgan fingerprint density at radius 2 is 1.78 bits per heavy atom. The maximum Gasteiger partial charge on any atom is 0.237 e. The van der Waals surface area contributed by atoms with Crippen molar-refractivity contribution in [1.82, 2.24) is 10.6 Å². The SMILES string of the molecule is CC(NC1CCCC1C)C(=O)NC1CCCCC1. The summed E-state index contributed by atoms with van der Waals surface area (Å²) in [5.74, 6) is 0.913. The predicted molar refractivity (Wildman–Crippen MR) is 74.4 cm³/mol. The summed E-state index contributed by atoms with van der Waals surface area (Å²) < 4.78 is 0. The summed E-state index contributed by atoms with van der Waals surface area (Å²) in [5.41, 5.74) is 0. The molecule has 2 aliphatic rings. The smallest absolute Gasteiger partial charge is 0.237 e. The number of hydrogen-bond donors (Lipinski definition) is 2. The number of hydrogen-bond acceptors (Lipinski definition) is 2. The Balaban J connectivity index is 1.73. The molecule has 2 aliphatic carbocycles. The lowest BCUT2D eigenvalue weighted by atomic mass is 9.95. The Labute approximate surface area is 111 Å². The molecular weight excluding hydrogens is 224 g/mol. The van der Waals surface area contributed by atoms with Gasteiger partial charge in [-0.2, -0.15) is 0 Å². The minimum Gasteiger partial charge on any atom is -0.352 e. The second kappa shape index (κ2) is 6.55. The van der Waals surface area contributed by atoms with Gasteiger partial charge >= 0.3 is 0 Å². The molecule has 0 heterocycles. The molecule has 2 N–H and O–H groups in total. The normalized spacial score (nSPS) is 31.2. The molecule has 2 saturated carbocycles. The van der Waals surface area contributed by atoms with Gasteiger partial charge in [0, 0.05) is 12.1 Å². The maximum absolute atomic E-state index is 12.1. The molecule has 18 heavy (non-hydrogen) atoms. The standard InChI is InChI=1S/C15H28N2O/c1-11-7-6-10-14(11)16-12(2)15(18)17-13-8-4-3-5-9-13/h11-14,16H,3-10H2,1-2H3,(H,17,18). The number of amides is 1. The fourth-order valence-electron chi connectivity index (χ4n) is 3.36. The Bertz CT molecular complexity index is 274. The van der Waals surface area contributed by atoms with Gasteiger partial charge in [-0.1, -0.05) is 32.6 Å². The molecule has 0 radical (unpaired) electrons. The van der Waals surface area contributed by atoms with Crippen LogP contribution in [0.4, 0.5) is 0 Å². The van der Waals surface area contributed by atoms with Crippen molar-refractivity contribution in [2.45, 2.75) is 83.3 Å². The fourth-order valence-corrected chi connectivity index (χ4v) is 3.36. The first-order valence-corrected chi connectivity index (χ1v) is 7.73. The van der Waals surface area contributed by atoms with Crippen LogP contribution in [0.1, 0.15) is 65.2 Å². The van der Waals surface area contributed by atoms with Crippen molar-refractivity contribution >= 4 is 5.91 Å². The van der Waals surface area contributed by atoms with E-state index in [9.17, 15) is 4.79 Å². The Morgan fingerprint density at radius 3 is 2.39 bits per heavy atom. The first kappa shape index (κ1) is 13.9. The molecule has 0 bridgehead atoms. The van der Waals surface area contributed by atoms with Crippen LogP contribution in [0.15, 0.2) is 0 Å². The number of rotatable bonds is 4. The largest absolute Gasteiger partial charge is 0.352 e. The van der Waals surface area contributed by atoms with E-state index < -0.39 is 0 Å². The van der Waals surface area contributed by atoms with E-state index in [0.29, 0.717) is 12.1 Å². The number of carbonyl (C=O) groups excluding carboxylic acids is 1. The molecule has 2 rings (SSSR count). The molecule has 3 unspecified atom stereocenters. The zero-order valence-electron chi connectivity index (χ0n) is 11.9. The van der Waals surface area contributed by atoms with E-state index in [2.05, 4.69) is 17.6 Å². The molecule has 2 fully saturated rings. The summed E-state index contributed by atoms with van der Waals surface area (Å²) in [6, 6.07) is 0.922.